The molecule has 0 saturated heterocycles. The molecule has 2 rings (SSSR count). The van der Waals surface area contributed by atoms with Crippen LogP contribution >= 0.6 is 0 Å². The van der Waals surface area contributed by atoms with Gasteiger partial charge in [0.05, 0.1) is 6.20 Å². The maximum Gasteiger partial charge on any atom is 0.356 e. The summed E-state index contributed by atoms with van der Waals surface area (Å²) in [5.74, 6) is -1.31. The molecule has 118 valence electrons. The lowest BCUT2D eigenvalue weighted by atomic mass is 10.3. The Morgan fingerprint density at radius 1 is 1.45 bits per heavy atom. The summed E-state index contributed by atoms with van der Waals surface area (Å²) >= 11 is 0. The van der Waals surface area contributed by atoms with Gasteiger partial charge >= 0.3 is 5.97 Å². The molecule has 1 amide bonds. The highest BCUT2D eigenvalue weighted by molar-refractivity contribution is 5.85. The number of carbonyl (C=O) groups is 2. The third kappa shape index (κ3) is 3.94. The Balaban J connectivity index is 1.77. The molecule has 0 bridgehead atoms. The maximum atomic E-state index is 12.0. The van der Waals surface area contributed by atoms with E-state index in [0.29, 0.717) is 6.54 Å². The zero-order valence-electron chi connectivity index (χ0n) is 12.6. The van der Waals surface area contributed by atoms with Gasteiger partial charge in [-0.05, 0) is 31.9 Å². The third-order valence-corrected chi connectivity index (χ3v) is 3.23. The molecule has 0 aliphatic rings. The minimum atomic E-state index is -1.11. The molecule has 0 fully saturated rings. The first-order valence-corrected chi connectivity index (χ1v) is 7.02. The van der Waals surface area contributed by atoms with E-state index in [-0.39, 0.29) is 11.6 Å². The van der Waals surface area contributed by atoms with E-state index in [0.717, 1.165) is 18.5 Å². The average molecular weight is 305 g/mol. The molecular weight excluding hydrogens is 286 g/mol. The van der Waals surface area contributed by atoms with Gasteiger partial charge in [0.25, 0.3) is 0 Å². The van der Waals surface area contributed by atoms with Crippen molar-refractivity contribution in [2.24, 2.45) is 0 Å². The topological polar surface area (TPSA) is 102 Å². The molecule has 0 radical (unpaired) electrons. The van der Waals surface area contributed by atoms with Gasteiger partial charge in [0.2, 0.25) is 5.91 Å². The van der Waals surface area contributed by atoms with Gasteiger partial charge in [-0.2, -0.15) is 10.2 Å². The van der Waals surface area contributed by atoms with Crippen molar-refractivity contribution in [1.82, 2.24) is 24.9 Å². The van der Waals surface area contributed by atoms with E-state index in [2.05, 4.69) is 15.5 Å². The van der Waals surface area contributed by atoms with Crippen LogP contribution in [0, 0.1) is 6.92 Å². The lowest BCUT2D eigenvalue weighted by molar-refractivity contribution is -0.124. The molecule has 0 aliphatic heterocycles. The fourth-order valence-corrected chi connectivity index (χ4v) is 1.98. The number of amides is 1. The van der Waals surface area contributed by atoms with Crippen LogP contribution in [0.3, 0.4) is 0 Å². The number of aromatic nitrogens is 4. The predicted octanol–water partition coefficient (Wildman–Crippen LogP) is 0.854. The molecule has 8 heteroatoms. The van der Waals surface area contributed by atoms with Gasteiger partial charge < -0.3 is 10.4 Å². The lowest BCUT2D eigenvalue weighted by Gasteiger charge is -2.12. The number of aryl methyl sites for hydroxylation is 2. The maximum absolute atomic E-state index is 12.0. The highest BCUT2D eigenvalue weighted by Gasteiger charge is 2.17. The van der Waals surface area contributed by atoms with Crippen molar-refractivity contribution in [1.29, 1.82) is 0 Å². The number of aromatic carboxylic acids is 1. The standard InChI is InChI=1S/C14H19N5O3/c1-10-8-16-18(9-10)6-3-5-15-13(20)11(2)19-7-4-12(17-19)14(21)22/h4,7-9,11H,3,5-6H2,1-2H3,(H,15,20)(H,21,22). The summed E-state index contributed by atoms with van der Waals surface area (Å²) < 4.78 is 3.17. The van der Waals surface area contributed by atoms with Crippen molar-refractivity contribution in [3.05, 3.63) is 35.9 Å². The second-order valence-electron chi connectivity index (χ2n) is 5.09. The zero-order chi connectivity index (χ0) is 16.1. The van der Waals surface area contributed by atoms with Gasteiger partial charge in [-0.25, -0.2) is 4.79 Å². The van der Waals surface area contributed by atoms with Crippen LogP contribution in [0.1, 0.15) is 35.4 Å². The molecule has 2 aromatic rings. The summed E-state index contributed by atoms with van der Waals surface area (Å²) in [5.41, 5.74) is 1.03. The quantitative estimate of drug-likeness (QED) is 0.738. The molecule has 8 nitrogen and oxygen atoms in total. The van der Waals surface area contributed by atoms with E-state index < -0.39 is 12.0 Å². The fourth-order valence-electron chi connectivity index (χ4n) is 1.98. The molecule has 0 saturated carbocycles. The first-order chi connectivity index (χ1) is 10.5. The Labute approximate surface area is 127 Å². The normalized spacial score (nSPS) is 12.1. The van der Waals surface area contributed by atoms with Crippen molar-refractivity contribution in [2.75, 3.05) is 6.54 Å². The van der Waals surface area contributed by atoms with Crippen molar-refractivity contribution in [3.8, 4) is 0 Å². The predicted molar refractivity (Wildman–Crippen MR) is 78.5 cm³/mol. The van der Waals surface area contributed by atoms with Crippen LogP contribution in [0.4, 0.5) is 0 Å². The zero-order valence-corrected chi connectivity index (χ0v) is 12.6. The van der Waals surface area contributed by atoms with E-state index in [4.69, 9.17) is 5.11 Å². The minimum Gasteiger partial charge on any atom is -0.476 e. The van der Waals surface area contributed by atoms with Crippen LogP contribution in [0.25, 0.3) is 0 Å². The summed E-state index contributed by atoms with van der Waals surface area (Å²) in [7, 11) is 0. The SMILES string of the molecule is Cc1cnn(CCCNC(=O)C(C)n2ccc(C(=O)O)n2)c1. The number of hydrogen-bond donors (Lipinski definition) is 2. The van der Waals surface area contributed by atoms with Gasteiger partial charge in [0.1, 0.15) is 6.04 Å². The van der Waals surface area contributed by atoms with Gasteiger partial charge in [0.15, 0.2) is 5.69 Å². The fraction of sp³-hybridized carbons (Fsp3) is 0.429. The van der Waals surface area contributed by atoms with Crippen LogP contribution in [-0.4, -0.2) is 43.1 Å². The molecule has 2 heterocycles. The number of carboxylic acid groups (broad SMARTS) is 1. The average Bonchev–Trinajstić information content (AvgIpc) is 3.11. The van der Waals surface area contributed by atoms with Crippen LogP contribution in [0.15, 0.2) is 24.7 Å². The number of nitrogens with one attached hydrogen (secondary N) is 1. The highest BCUT2D eigenvalue weighted by Crippen LogP contribution is 2.06. The first-order valence-electron chi connectivity index (χ1n) is 7.02. The van der Waals surface area contributed by atoms with E-state index in [1.807, 2.05) is 17.8 Å². The molecule has 1 unspecified atom stereocenters. The molecule has 2 N–H and O–H groups in total. The van der Waals surface area contributed by atoms with Crippen LogP contribution in [0.5, 0.6) is 0 Å². The molecule has 0 aliphatic carbocycles. The van der Waals surface area contributed by atoms with E-state index in [1.165, 1.54) is 16.9 Å². The second-order valence-corrected chi connectivity index (χ2v) is 5.09. The van der Waals surface area contributed by atoms with Crippen LogP contribution in [0.2, 0.25) is 0 Å². The number of rotatable bonds is 7. The summed E-state index contributed by atoms with van der Waals surface area (Å²) in [6.07, 6.45) is 5.99. The summed E-state index contributed by atoms with van der Waals surface area (Å²) in [6.45, 7) is 4.90. The molecule has 0 aromatic carbocycles. The molecule has 2 aromatic heterocycles. The highest BCUT2D eigenvalue weighted by atomic mass is 16.4. The van der Waals surface area contributed by atoms with Crippen molar-refractivity contribution >= 4 is 11.9 Å². The lowest BCUT2D eigenvalue weighted by Crippen LogP contribution is -2.32. The number of carboxylic acids is 1. The summed E-state index contributed by atoms with van der Waals surface area (Å²) in [5, 5.41) is 19.6. The van der Waals surface area contributed by atoms with Crippen molar-refractivity contribution in [2.45, 2.75) is 32.9 Å². The van der Waals surface area contributed by atoms with E-state index in [9.17, 15) is 9.59 Å². The molecule has 0 spiro atoms. The van der Waals surface area contributed by atoms with Crippen LogP contribution < -0.4 is 5.32 Å². The molecule has 22 heavy (non-hydrogen) atoms. The van der Waals surface area contributed by atoms with Crippen molar-refractivity contribution < 1.29 is 14.7 Å². The Morgan fingerprint density at radius 2 is 2.23 bits per heavy atom. The molecule has 1 atom stereocenters. The number of hydrogen-bond acceptors (Lipinski definition) is 4. The monoisotopic (exact) mass is 305 g/mol. The largest absolute Gasteiger partial charge is 0.476 e. The number of carbonyl (C=O) groups excluding carboxylic acids is 1. The van der Waals surface area contributed by atoms with Gasteiger partial charge in [-0.15, -0.1) is 0 Å². The Bertz CT molecular complexity index is 661. The Hall–Kier alpha value is -2.64. The van der Waals surface area contributed by atoms with Crippen molar-refractivity contribution in [3.63, 3.8) is 0 Å². The summed E-state index contributed by atoms with van der Waals surface area (Å²) in [6, 6.07) is 0.812. The van der Waals surface area contributed by atoms with Gasteiger partial charge in [0, 0.05) is 25.5 Å². The Morgan fingerprint density at radius 3 is 2.82 bits per heavy atom. The number of nitrogens with zero attached hydrogens (tertiary/aromatic N) is 4. The second kappa shape index (κ2) is 6.88. The Kier molecular flexibility index (Phi) is 4.92. The third-order valence-electron chi connectivity index (χ3n) is 3.23. The smallest absolute Gasteiger partial charge is 0.356 e. The van der Waals surface area contributed by atoms with Crippen LogP contribution in [-0.2, 0) is 11.3 Å². The van der Waals surface area contributed by atoms with E-state index >= 15 is 0 Å². The first kappa shape index (κ1) is 15.7. The summed E-state index contributed by atoms with van der Waals surface area (Å²) in [4.78, 5) is 22.8. The van der Waals surface area contributed by atoms with Gasteiger partial charge in [-0.1, -0.05) is 0 Å². The minimum absolute atomic E-state index is 0.0753. The van der Waals surface area contributed by atoms with E-state index in [1.54, 1.807) is 13.1 Å². The molecular formula is C14H19N5O3. The van der Waals surface area contributed by atoms with Gasteiger partial charge in [-0.3, -0.25) is 14.2 Å².